The number of rotatable bonds is 2. The Kier molecular flexibility index (Phi) is 3.53. The number of halogens is 1. The molecule has 1 saturated heterocycles. The highest BCUT2D eigenvalue weighted by atomic mass is 35.5. The number of ether oxygens (including phenoxy) is 1. The van der Waals surface area contributed by atoms with Gasteiger partial charge in [-0.25, -0.2) is 0 Å². The first-order valence-corrected chi connectivity index (χ1v) is 8.24. The number of fused-ring (bicyclic) bond motifs is 1. The number of hydrogen-bond acceptors (Lipinski definition) is 3. The molecule has 1 aromatic carbocycles. The Labute approximate surface area is 139 Å². The Morgan fingerprint density at radius 1 is 1.43 bits per heavy atom. The Hall–Kier alpha value is -2.01. The molecule has 4 rings (SSSR count). The number of aryl methyl sites for hydroxylation is 1. The topological polar surface area (TPSA) is 47.4 Å². The molecule has 0 unspecified atom stereocenters. The molecule has 1 aromatic heterocycles. The van der Waals surface area contributed by atoms with Crippen LogP contribution in [0, 0.1) is 0 Å². The number of amides is 1. The van der Waals surface area contributed by atoms with Crippen molar-refractivity contribution in [3.63, 3.8) is 0 Å². The molecule has 0 bridgehead atoms. The maximum atomic E-state index is 12.9. The van der Waals surface area contributed by atoms with E-state index >= 15 is 0 Å². The average molecular weight is 332 g/mol. The lowest BCUT2D eigenvalue weighted by molar-refractivity contribution is -0.138. The molecule has 1 amide bonds. The molecule has 6 heteroatoms. The lowest BCUT2D eigenvalue weighted by Crippen LogP contribution is -2.40. The summed E-state index contributed by atoms with van der Waals surface area (Å²) in [6.45, 7) is 0.773. The summed E-state index contributed by atoms with van der Waals surface area (Å²) in [5, 5.41) is 4.90. The fourth-order valence-corrected chi connectivity index (χ4v) is 3.72. The second-order valence-corrected chi connectivity index (χ2v) is 6.64. The molecule has 3 heterocycles. The van der Waals surface area contributed by atoms with Crippen molar-refractivity contribution in [2.75, 3.05) is 6.54 Å². The standard InChI is InChI=1S/C17H18ClN3O2/c1-20-10-12(9-19-20)14-3-2-6-21(14)17(22)16-8-11-7-13(18)4-5-15(11)23-16/h4-5,7,9-10,14,16H,2-3,6,8H2,1H3/t14-,16+/m1/s1. The number of aromatic nitrogens is 2. The van der Waals surface area contributed by atoms with Crippen LogP contribution in [0.4, 0.5) is 0 Å². The van der Waals surface area contributed by atoms with Crippen molar-refractivity contribution in [2.45, 2.75) is 31.4 Å². The van der Waals surface area contributed by atoms with Gasteiger partial charge in [0.05, 0.1) is 12.2 Å². The van der Waals surface area contributed by atoms with Crippen LogP contribution in [0.3, 0.4) is 0 Å². The van der Waals surface area contributed by atoms with Crippen LogP contribution >= 0.6 is 11.6 Å². The number of nitrogens with zero attached hydrogens (tertiary/aromatic N) is 3. The van der Waals surface area contributed by atoms with Crippen molar-refractivity contribution in [1.29, 1.82) is 0 Å². The molecule has 2 aromatic rings. The minimum Gasteiger partial charge on any atom is -0.480 e. The lowest BCUT2D eigenvalue weighted by atomic mass is 10.1. The summed E-state index contributed by atoms with van der Waals surface area (Å²) in [4.78, 5) is 14.9. The van der Waals surface area contributed by atoms with Crippen LogP contribution in [0.25, 0.3) is 0 Å². The minimum absolute atomic E-state index is 0.0590. The highest BCUT2D eigenvalue weighted by Gasteiger charge is 2.38. The van der Waals surface area contributed by atoms with Crippen molar-refractivity contribution < 1.29 is 9.53 Å². The average Bonchev–Trinajstić information content (AvgIpc) is 3.23. The van der Waals surface area contributed by atoms with E-state index in [1.54, 1.807) is 10.7 Å². The first-order chi connectivity index (χ1) is 11.1. The van der Waals surface area contributed by atoms with Gasteiger partial charge in [-0.3, -0.25) is 9.48 Å². The Bertz CT molecular complexity index is 758. The van der Waals surface area contributed by atoms with Gasteiger partial charge in [-0.2, -0.15) is 5.10 Å². The number of carbonyl (C=O) groups excluding carboxylic acids is 1. The van der Waals surface area contributed by atoms with E-state index < -0.39 is 6.10 Å². The van der Waals surface area contributed by atoms with Gasteiger partial charge in [0, 0.05) is 36.8 Å². The van der Waals surface area contributed by atoms with Gasteiger partial charge in [0.15, 0.2) is 6.10 Å². The zero-order chi connectivity index (χ0) is 16.0. The van der Waals surface area contributed by atoms with Gasteiger partial charge in [0.2, 0.25) is 0 Å². The largest absolute Gasteiger partial charge is 0.480 e. The fourth-order valence-electron chi connectivity index (χ4n) is 3.53. The first-order valence-electron chi connectivity index (χ1n) is 7.86. The predicted molar refractivity (Wildman–Crippen MR) is 86.5 cm³/mol. The summed E-state index contributed by atoms with van der Waals surface area (Å²) < 4.78 is 7.63. The van der Waals surface area contributed by atoms with Gasteiger partial charge in [0.1, 0.15) is 5.75 Å². The maximum absolute atomic E-state index is 12.9. The molecule has 120 valence electrons. The van der Waals surface area contributed by atoms with Crippen molar-refractivity contribution >= 4 is 17.5 Å². The van der Waals surface area contributed by atoms with Crippen molar-refractivity contribution in [3.8, 4) is 5.75 Å². The number of hydrogen-bond donors (Lipinski definition) is 0. The Balaban J connectivity index is 1.53. The molecule has 5 nitrogen and oxygen atoms in total. The third-order valence-corrected chi connectivity index (χ3v) is 4.85. The molecule has 2 atom stereocenters. The minimum atomic E-state index is -0.444. The molecule has 0 spiro atoms. The molecule has 0 aliphatic carbocycles. The predicted octanol–water partition coefficient (Wildman–Crippen LogP) is 2.74. The van der Waals surface area contributed by atoms with Crippen LogP contribution < -0.4 is 4.74 Å². The highest BCUT2D eigenvalue weighted by molar-refractivity contribution is 6.30. The van der Waals surface area contributed by atoms with E-state index in [2.05, 4.69) is 5.10 Å². The lowest BCUT2D eigenvalue weighted by Gasteiger charge is -2.26. The van der Waals surface area contributed by atoms with E-state index in [0.717, 1.165) is 36.3 Å². The second kappa shape index (κ2) is 5.57. The van der Waals surface area contributed by atoms with Gasteiger partial charge in [-0.15, -0.1) is 0 Å². The van der Waals surface area contributed by atoms with Crippen LogP contribution in [-0.4, -0.2) is 33.2 Å². The third-order valence-electron chi connectivity index (χ3n) is 4.62. The molecule has 1 fully saturated rings. The third kappa shape index (κ3) is 2.59. The SMILES string of the molecule is Cn1cc([C@H]2CCCN2C(=O)[C@@H]2Cc3cc(Cl)ccc3O2)cn1. The Morgan fingerprint density at radius 2 is 2.30 bits per heavy atom. The van der Waals surface area contributed by atoms with Crippen molar-refractivity contribution in [3.05, 3.63) is 46.7 Å². The van der Waals surface area contributed by atoms with Crippen LogP contribution in [0.15, 0.2) is 30.6 Å². The quantitative estimate of drug-likeness (QED) is 0.850. The summed E-state index contributed by atoms with van der Waals surface area (Å²) in [5.41, 5.74) is 2.10. The number of carbonyl (C=O) groups is 1. The monoisotopic (exact) mass is 331 g/mol. The van der Waals surface area contributed by atoms with Crippen LogP contribution in [-0.2, 0) is 18.3 Å². The van der Waals surface area contributed by atoms with Gasteiger partial charge >= 0.3 is 0 Å². The van der Waals surface area contributed by atoms with E-state index in [0.29, 0.717) is 11.4 Å². The molecular weight excluding hydrogens is 314 g/mol. The van der Waals surface area contributed by atoms with Crippen LogP contribution in [0.5, 0.6) is 5.75 Å². The van der Waals surface area contributed by atoms with E-state index in [4.69, 9.17) is 16.3 Å². The molecule has 0 N–H and O–H groups in total. The number of benzene rings is 1. The molecule has 0 radical (unpaired) electrons. The zero-order valence-corrected chi connectivity index (χ0v) is 13.7. The van der Waals surface area contributed by atoms with E-state index in [9.17, 15) is 4.79 Å². The summed E-state index contributed by atoms with van der Waals surface area (Å²) >= 11 is 6.02. The van der Waals surface area contributed by atoms with E-state index in [1.807, 2.05) is 36.5 Å². The van der Waals surface area contributed by atoms with Gasteiger partial charge in [-0.1, -0.05) is 11.6 Å². The summed E-state index contributed by atoms with van der Waals surface area (Å²) in [5.74, 6) is 0.827. The molecule has 2 aliphatic rings. The summed E-state index contributed by atoms with van der Waals surface area (Å²) in [6, 6.07) is 5.62. The van der Waals surface area contributed by atoms with E-state index in [-0.39, 0.29) is 11.9 Å². The molecule has 0 saturated carbocycles. The summed E-state index contributed by atoms with van der Waals surface area (Å²) in [6.07, 6.45) is 5.96. The molecular formula is C17H18ClN3O2. The van der Waals surface area contributed by atoms with Crippen LogP contribution in [0.2, 0.25) is 5.02 Å². The maximum Gasteiger partial charge on any atom is 0.264 e. The van der Waals surface area contributed by atoms with Gasteiger partial charge in [-0.05, 0) is 36.6 Å². The second-order valence-electron chi connectivity index (χ2n) is 6.20. The van der Waals surface area contributed by atoms with Gasteiger partial charge < -0.3 is 9.64 Å². The Morgan fingerprint density at radius 3 is 3.09 bits per heavy atom. The first kappa shape index (κ1) is 14.6. The normalized spacial score (nSPS) is 23.0. The van der Waals surface area contributed by atoms with Crippen molar-refractivity contribution in [1.82, 2.24) is 14.7 Å². The molecule has 2 aliphatic heterocycles. The molecule has 23 heavy (non-hydrogen) atoms. The van der Waals surface area contributed by atoms with Crippen LogP contribution in [0.1, 0.15) is 30.0 Å². The smallest absolute Gasteiger partial charge is 0.264 e. The van der Waals surface area contributed by atoms with Gasteiger partial charge in [0.25, 0.3) is 5.91 Å². The van der Waals surface area contributed by atoms with Crippen molar-refractivity contribution in [2.24, 2.45) is 7.05 Å². The fraction of sp³-hybridized carbons (Fsp3) is 0.412. The summed E-state index contributed by atoms with van der Waals surface area (Å²) in [7, 11) is 1.89. The van der Waals surface area contributed by atoms with E-state index in [1.165, 1.54) is 0 Å². The highest BCUT2D eigenvalue weighted by Crippen LogP contribution is 2.36. The zero-order valence-electron chi connectivity index (χ0n) is 12.9. The number of likely N-dealkylation sites (tertiary alicyclic amines) is 1.